The highest BCUT2D eigenvalue weighted by atomic mass is 16.4. The van der Waals surface area contributed by atoms with Crippen molar-refractivity contribution < 1.29 is 9.90 Å². The summed E-state index contributed by atoms with van der Waals surface area (Å²) in [6, 6.07) is 2.93. The van der Waals surface area contributed by atoms with Crippen LogP contribution in [0.1, 0.15) is 31.2 Å². The molecule has 1 aliphatic rings. The Morgan fingerprint density at radius 2 is 2.14 bits per heavy atom. The number of aromatic nitrogens is 2. The van der Waals surface area contributed by atoms with E-state index in [2.05, 4.69) is 30.3 Å². The number of aryl methyl sites for hydroxylation is 2. The predicted octanol–water partition coefficient (Wildman–Crippen LogP) is 1.03. The number of rotatable bonds is 6. The molecule has 0 radical (unpaired) electrons. The van der Waals surface area contributed by atoms with Gasteiger partial charge in [-0.3, -0.25) is 14.4 Å². The minimum atomic E-state index is -0.737. The van der Waals surface area contributed by atoms with Gasteiger partial charge in [0.25, 0.3) is 0 Å². The van der Waals surface area contributed by atoms with Crippen LogP contribution in [0, 0.1) is 13.8 Å². The molecule has 0 aliphatic carbocycles. The molecule has 1 aromatic heterocycles. The fraction of sp³-hybridized carbons (Fsp3) is 0.733. The van der Waals surface area contributed by atoms with Gasteiger partial charge in [0, 0.05) is 30.9 Å². The van der Waals surface area contributed by atoms with E-state index in [0.717, 1.165) is 38.2 Å². The van der Waals surface area contributed by atoms with Crippen molar-refractivity contribution in [2.75, 3.05) is 19.6 Å². The molecule has 21 heavy (non-hydrogen) atoms. The lowest BCUT2D eigenvalue weighted by Gasteiger charge is -2.33. The van der Waals surface area contributed by atoms with E-state index in [1.54, 1.807) is 0 Å². The molecule has 2 heterocycles. The molecule has 0 spiro atoms. The lowest BCUT2D eigenvalue weighted by atomic mass is 10.0. The van der Waals surface area contributed by atoms with Crippen LogP contribution in [0.25, 0.3) is 0 Å². The fourth-order valence-electron chi connectivity index (χ4n) is 3.02. The zero-order valence-corrected chi connectivity index (χ0v) is 13.2. The summed E-state index contributed by atoms with van der Waals surface area (Å²) in [6.45, 7) is 9.02. The van der Waals surface area contributed by atoms with E-state index in [0.29, 0.717) is 12.1 Å². The number of hydrogen-bond acceptors (Lipinski definition) is 4. The Bertz CT molecular complexity index is 478. The lowest BCUT2D eigenvalue weighted by molar-refractivity contribution is -0.138. The largest absolute Gasteiger partial charge is 0.480 e. The smallest absolute Gasteiger partial charge is 0.317 e. The molecule has 0 aromatic carbocycles. The summed E-state index contributed by atoms with van der Waals surface area (Å²) >= 11 is 0. The minimum Gasteiger partial charge on any atom is -0.480 e. The molecule has 0 bridgehead atoms. The van der Waals surface area contributed by atoms with Crippen LogP contribution in [0.4, 0.5) is 0 Å². The van der Waals surface area contributed by atoms with Crippen molar-refractivity contribution >= 4 is 5.97 Å². The highest BCUT2D eigenvalue weighted by molar-refractivity contribution is 5.69. The van der Waals surface area contributed by atoms with Gasteiger partial charge < -0.3 is 10.4 Å². The number of nitrogens with zero attached hydrogens (tertiary/aromatic N) is 3. The third-order valence-electron chi connectivity index (χ3n) is 4.02. The van der Waals surface area contributed by atoms with Crippen LogP contribution >= 0.6 is 0 Å². The number of likely N-dealkylation sites (tertiary alicyclic amines) is 1. The first-order valence-electron chi connectivity index (χ1n) is 7.65. The van der Waals surface area contributed by atoms with Crippen LogP contribution in [0.15, 0.2) is 6.07 Å². The first-order valence-corrected chi connectivity index (χ1v) is 7.65. The van der Waals surface area contributed by atoms with Crippen molar-refractivity contribution in [3.8, 4) is 0 Å². The van der Waals surface area contributed by atoms with Gasteiger partial charge in [-0.2, -0.15) is 5.10 Å². The Morgan fingerprint density at radius 3 is 2.67 bits per heavy atom. The number of carboxylic acid groups (broad SMARTS) is 1. The molecule has 0 saturated carbocycles. The van der Waals surface area contributed by atoms with Crippen LogP contribution in [-0.4, -0.2) is 57.5 Å². The standard InChI is InChI=1S/C15H26N4O2/c1-11-8-13(3)19(17-11)9-12(2)16-14-4-6-18(7-5-14)10-15(20)21/h8,12,14,16H,4-7,9-10H2,1-3H3,(H,20,21)/t12-/m1/s1. The molecular weight excluding hydrogens is 268 g/mol. The van der Waals surface area contributed by atoms with E-state index < -0.39 is 5.97 Å². The van der Waals surface area contributed by atoms with E-state index in [1.807, 2.05) is 16.5 Å². The molecule has 1 aliphatic heterocycles. The van der Waals surface area contributed by atoms with Crippen LogP contribution in [0.5, 0.6) is 0 Å². The quantitative estimate of drug-likeness (QED) is 0.820. The van der Waals surface area contributed by atoms with E-state index in [4.69, 9.17) is 5.11 Å². The van der Waals surface area contributed by atoms with Crippen molar-refractivity contribution in [2.24, 2.45) is 0 Å². The number of hydrogen-bond donors (Lipinski definition) is 2. The predicted molar refractivity (Wildman–Crippen MR) is 81.4 cm³/mol. The van der Waals surface area contributed by atoms with Crippen molar-refractivity contribution in [3.05, 3.63) is 17.5 Å². The monoisotopic (exact) mass is 294 g/mol. The van der Waals surface area contributed by atoms with E-state index in [1.165, 1.54) is 5.69 Å². The van der Waals surface area contributed by atoms with E-state index >= 15 is 0 Å². The second-order valence-electron chi connectivity index (χ2n) is 6.12. The number of nitrogens with one attached hydrogen (secondary N) is 1. The number of carbonyl (C=O) groups is 1. The maximum absolute atomic E-state index is 10.7. The molecule has 1 saturated heterocycles. The SMILES string of the molecule is Cc1cc(C)n(C[C@@H](C)NC2CCN(CC(=O)O)CC2)n1. The molecule has 2 rings (SSSR count). The van der Waals surface area contributed by atoms with Gasteiger partial charge in [0.05, 0.1) is 18.8 Å². The Kier molecular flexibility index (Phi) is 5.36. The van der Waals surface area contributed by atoms with Gasteiger partial charge in [-0.15, -0.1) is 0 Å². The van der Waals surface area contributed by atoms with Gasteiger partial charge in [-0.1, -0.05) is 0 Å². The molecular formula is C15H26N4O2. The summed E-state index contributed by atoms with van der Waals surface area (Å²) in [7, 11) is 0. The zero-order valence-electron chi connectivity index (χ0n) is 13.2. The second-order valence-corrected chi connectivity index (χ2v) is 6.12. The van der Waals surface area contributed by atoms with Crippen LogP contribution in [0.2, 0.25) is 0 Å². The summed E-state index contributed by atoms with van der Waals surface area (Å²) in [5.41, 5.74) is 2.25. The van der Waals surface area contributed by atoms with Crippen molar-refractivity contribution in [1.82, 2.24) is 20.0 Å². The van der Waals surface area contributed by atoms with Gasteiger partial charge in [-0.05, 0) is 39.7 Å². The second kappa shape index (κ2) is 7.04. The summed E-state index contributed by atoms with van der Waals surface area (Å²) in [5, 5.41) is 16.9. The van der Waals surface area contributed by atoms with E-state index in [-0.39, 0.29) is 6.54 Å². The molecule has 6 heteroatoms. The number of carboxylic acids is 1. The topological polar surface area (TPSA) is 70.4 Å². The molecule has 0 amide bonds. The van der Waals surface area contributed by atoms with Crippen LogP contribution < -0.4 is 5.32 Å². The van der Waals surface area contributed by atoms with Gasteiger partial charge in [0.2, 0.25) is 0 Å². The van der Waals surface area contributed by atoms with Crippen molar-refractivity contribution in [3.63, 3.8) is 0 Å². The van der Waals surface area contributed by atoms with Crippen molar-refractivity contribution in [1.29, 1.82) is 0 Å². The zero-order chi connectivity index (χ0) is 15.4. The highest BCUT2D eigenvalue weighted by Gasteiger charge is 2.21. The molecule has 1 atom stereocenters. The van der Waals surface area contributed by atoms with Crippen LogP contribution in [0.3, 0.4) is 0 Å². The van der Waals surface area contributed by atoms with Gasteiger partial charge >= 0.3 is 5.97 Å². The van der Waals surface area contributed by atoms with Crippen LogP contribution in [-0.2, 0) is 11.3 Å². The lowest BCUT2D eigenvalue weighted by Crippen LogP contribution is -2.47. The van der Waals surface area contributed by atoms with Gasteiger partial charge in [0.15, 0.2) is 0 Å². The first kappa shape index (κ1) is 16.0. The average Bonchev–Trinajstić information content (AvgIpc) is 2.69. The summed E-state index contributed by atoms with van der Waals surface area (Å²) < 4.78 is 2.05. The minimum absolute atomic E-state index is 0.161. The number of aliphatic carboxylic acids is 1. The number of piperidine rings is 1. The van der Waals surface area contributed by atoms with Gasteiger partial charge in [0.1, 0.15) is 0 Å². The normalized spacial score (nSPS) is 18.8. The van der Waals surface area contributed by atoms with Gasteiger partial charge in [-0.25, -0.2) is 0 Å². The Balaban J connectivity index is 1.75. The summed E-state index contributed by atoms with van der Waals surface area (Å²) in [4.78, 5) is 12.7. The molecule has 118 valence electrons. The average molecular weight is 294 g/mol. The Morgan fingerprint density at radius 1 is 1.48 bits per heavy atom. The van der Waals surface area contributed by atoms with E-state index in [9.17, 15) is 4.79 Å². The molecule has 1 fully saturated rings. The third-order valence-corrected chi connectivity index (χ3v) is 4.02. The Labute approximate surface area is 126 Å². The molecule has 2 N–H and O–H groups in total. The molecule has 0 unspecified atom stereocenters. The first-order chi connectivity index (χ1) is 9.94. The maximum Gasteiger partial charge on any atom is 0.317 e. The Hall–Kier alpha value is -1.40. The summed E-state index contributed by atoms with van der Waals surface area (Å²) in [5.74, 6) is -0.737. The fourth-order valence-corrected chi connectivity index (χ4v) is 3.02. The third kappa shape index (κ3) is 4.82. The highest BCUT2D eigenvalue weighted by Crippen LogP contribution is 2.11. The van der Waals surface area contributed by atoms with Crippen molar-refractivity contribution in [2.45, 2.75) is 52.2 Å². The molecule has 6 nitrogen and oxygen atoms in total. The maximum atomic E-state index is 10.7. The molecule has 1 aromatic rings. The summed E-state index contributed by atoms with van der Waals surface area (Å²) in [6.07, 6.45) is 2.02.